The lowest BCUT2D eigenvalue weighted by molar-refractivity contribution is -0.153. The lowest BCUT2D eigenvalue weighted by Crippen LogP contribution is -2.10. The molecule has 0 fully saturated rings. The van der Waals surface area contributed by atoms with Gasteiger partial charge >= 0.3 is 12.1 Å². The highest BCUT2D eigenvalue weighted by Gasteiger charge is 2.41. The van der Waals surface area contributed by atoms with Crippen molar-refractivity contribution in [3.63, 3.8) is 0 Å². The summed E-state index contributed by atoms with van der Waals surface area (Å²) in [5, 5.41) is 8.90. The number of rotatable bonds is 2. The number of hydrogen-bond acceptors (Lipinski definition) is 2. The number of aromatic carboxylic acids is 1. The molecule has 2 rings (SSSR count). The molecule has 6 heteroatoms. The summed E-state index contributed by atoms with van der Waals surface area (Å²) < 4.78 is 42.1. The van der Waals surface area contributed by atoms with E-state index in [0.29, 0.717) is 5.56 Å². The number of carboxylic acid groups (broad SMARTS) is 1. The molecule has 0 saturated heterocycles. The molecule has 0 bridgehead atoms. The summed E-state index contributed by atoms with van der Waals surface area (Å²) in [4.78, 5) is 11.0. The second-order valence-electron chi connectivity index (χ2n) is 3.52. The normalized spacial score (nSPS) is 11.5. The van der Waals surface area contributed by atoms with Crippen LogP contribution in [0.15, 0.2) is 41.0 Å². The van der Waals surface area contributed by atoms with Crippen molar-refractivity contribution in [2.75, 3.05) is 0 Å². The topological polar surface area (TPSA) is 50.4 Å². The van der Waals surface area contributed by atoms with Crippen LogP contribution >= 0.6 is 0 Å². The molecule has 1 aromatic heterocycles. The summed E-state index contributed by atoms with van der Waals surface area (Å²) in [6.07, 6.45) is -4.03. The Morgan fingerprint density at radius 1 is 1.17 bits per heavy atom. The largest absolute Gasteiger partial charge is 0.478 e. The molecule has 18 heavy (non-hydrogen) atoms. The van der Waals surface area contributed by atoms with Crippen LogP contribution < -0.4 is 0 Å². The molecule has 0 aliphatic carbocycles. The van der Waals surface area contributed by atoms with E-state index < -0.39 is 23.5 Å². The number of benzene rings is 1. The fourth-order valence-corrected chi connectivity index (χ4v) is 1.61. The van der Waals surface area contributed by atoms with Crippen LogP contribution in [0.4, 0.5) is 13.2 Å². The number of hydrogen-bond donors (Lipinski definition) is 1. The van der Waals surface area contributed by atoms with Gasteiger partial charge in [-0.1, -0.05) is 30.3 Å². The molecule has 0 atom stereocenters. The zero-order valence-corrected chi connectivity index (χ0v) is 8.86. The smallest absolute Gasteiger partial charge is 0.450 e. The number of alkyl halides is 3. The molecular formula is C12H7F3O3. The van der Waals surface area contributed by atoms with E-state index in [2.05, 4.69) is 4.42 Å². The highest BCUT2D eigenvalue weighted by molar-refractivity contribution is 5.97. The van der Waals surface area contributed by atoms with Crippen LogP contribution in [-0.4, -0.2) is 11.1 Å². The van der Waals surface area contributed by atoms with Gasteiger partial charge in [-0.2, -0.15) is 13.2 Å². The van der Waals surface area contributed by atoms with E-state index in [0.717, 1.165) is 6.26 Å². The summed E-state index contributed by atoms with van der Waals surface area (Å²) in [7, 11) is 0. The van der Waals surface area contributed by atoms with E-state index in [1.165, 1.54) is 12.1 Å². The second kappa shape index (κ2) is 4.21. The van der Waals surface area contributed by atoms with Crippen molar-refractivity contribution in [1.82, 2.24) is 0 Å². The first-order valence-electron chi connectivity index (χ1n) is 4.88. The van der Waals surface area contributed by atoms with Gasteiger partial charge in [-0.25, -0.2) is 4.79 Å². The van der Waals surface area contributed by atoms with E-state index >= 15 is 0 Å². The monoisotopic (exact) mass is 256 g/mol. The molecule has 0 amide bonds. The predicted octanol–water partition coefficient (Wildman–Crippen LogP) is 3.66. The predicted molar refractivity (Wildman–Crippen MR) is 56.1 cm³/mol. The summed E-state index contributed by atoms with van der Waals surface area (Å²) in [6.45, 7) is 0. The molecular weight excluding hydrogens is 249 g/mol. The lowest BCUT2D eigenvalue weighted by Gasteiger charge is -2.04. The van der Waals surface area contributed by atoms with E-state index in [1.807, 2.05) is 0 Å². The summed E-state index contributed by atoms with van der Waals surface area (Å²) in [6, 6.07) is 7.89. The van der Waals surface area contributed by atoms with Crippen LogP contribution in [-0.2, 0) is 6.18 Å². The van der Waals surface area contributed by atoms with Crippen molar-refractivity contribution in [3.8, 4) is 11.1 Å². The fourth-order valence-electron chi connectivity index (χ4n) is 1.61. The maximum Gasteiger partial charge on any atom is 0.450 e. The Bertz CT molecular complexity index is 570. The average molecular weight is 256 g/mol. The first kappa shape index (κ1) is 12.2. The molecule has 1 N–H and O–H groups in total. The Morgan fingerprint density at radius 2 is 1.78 bits per heavy atom. The maximum atomic E-state index is 12.6. The molecule has 0 saturated carbocycles. The maximum absolute atomic E-state index is 12.6. The van der Waals surface area contributed by atoms with Gasteiger partial charge in [0.05, 0.1) is 6.26 Å². The van der Waals surface area contributed by atoms with E-state index in [1.54, 1.807) is 18.2 Å². The van der Waals surface area contributed by atoms with Crippen LogP contribution in [0.25, 0.3) is 11.1 Å². The van der Waals surface area contributed by atoms with Gasteiger partial charge in [-0.3, -0.25) is 0 Å². The molecule has 0 radical (unpaired) electrons. The SMILES string of the molecule is O=C(O)c1c(-c2ccccc2)coc1C(F)(F)F. The molecule has 1 aromatic carbocycles. The van der Waals surface area contributed by atoms with E-state index in [-0.39, 0.29) is 5.56 Å². The number of carbonyl (C=O) groups is 1. The van der Waals surface area contributed by atoms with Crippen LogP contribution in [0, 0.1) is 0 Å². The third-order valence-corrected chi connectivity index (χ3v) is 2.35. The zero-order chi connectivity index (χ0) is 13.3. The quantitative estimate of drug-likeness (QED) is 0.891. The average Bonchev–Trinajstić information content (AvgIpc) is 2.74. The van der Waals surface area contributed by atoms with Gasteiger partial charge in [0.15, 0.2) is 0 Å². The second-order valence-corrected chi connectivity index (χ2v) is 3.52. The molecule has 2 aromatic rings. The Hall–Kier alpha value is -2.24. The third kappa shape index (κ3) is 2.09. The van der Waals surface area contributed by atoms with Crippen LogP contribution in [0.5, 0.6) is 0 Å². The van der Waals surface area contributed by atoms with Gasteiger partial charge < -0.3 is 9.52 Å². The van der Waals surface area contributed by atoms with Crippen molar-refractivity contribution < 1.29 is 27.5 Å². The Morgan fingerprint density at radius 3 is 2.28 bits per heavy atom. The summed E-state index contributed by atoms with van der Waals surface area (Å²) in [5.74, 6) is -3.16. The van der Waals surface area contributed by atoms with Gasteiger partial charge in [0.1, 0.15) is 5.56 Å². The minimum Gasteiger partial charge on any atom is -0.478 e. The van der Waals surface area contributed by atoms with Crippen LogP contribution in [0.2, 0.25) is 0 Å². The molecule has 0 aliphatic heterocycles. The van der Waals surface area contributed by atoms with E-state index in [4.69, 9.17) is 5.11 Å². The molecule has 94 valence electrons. The number of halogens is 3. The van der Waals surface area contributed by atoms with Crippen molar-refractivity contribution in [2.45, 2.75) is 6.18 Å². The fraction of sp³-hybridized carbons (Fsp3) is 0.0833. The first-order chi connectivity index (χ1) is 8.41. The highest BCUT2D eigenvalue weighted by atomic mass is 19.4. The van der Waals surface area contributed by atoms with Gasteiger partial charge in [-0.15, -0.1) is 0 Å². The minimum absolute atomic E-state index is 0.0876. The number of carboxylic acids is 1. The van der Waals surface area contributed by atoms with E-state index in [9.17, 15) is 18.0 Å². The highest BCUT2D eigenvalue weighted by Crippen LogP contribution is 2.38. The molecule has 0 unspecified atom stereocenters. The van der Waals surface area contributed by atoms with Crippen molar-refractivity contribution in [1.29, 1.82) is 0 Å². The molecule has 0 aliphatic rings. The Kier molecular flexibility index (Phi) is 2.86. The number of furan rings is 1. The molecule has 0 spiro atoms. The van der Waals surface area contributed by atoms with Crippen molar-refractivity contribution in [2.24, 2.45) is 0 Å². The molecule has 1 heterocycles. The minimum atomic E-state index is -4.83. The van der Waals surface area contributed by atoms with Gasteiger partial charge in [0, 0.05) is 5.56 Å². The van der Waals surface area contributed by atoms with Crippen molar-refractivity contribution >= 4 is 5.97 Å². The zero-order valence-electron chi connectivity index (χ0n) is 8.86. The first-order valence-corrected chi connectivity index (χ1v) is 4.88. The summed E-state index contributed by atoms with van der Waals surface area (Å²) >= 11 is 0. The van der Waals surface area contributed by atoms with Gasteiger partial charge in [0.25, 0.3) is 0 Å². The van der Waals surface area contributed by atoms with Crippen molar-refractivity contribution in [3.05, 3.63) is 47.9 Å². The van der Waals surface area contributed by atoms with Gasteiger partial charge in [0.2, 0.25) is 5.76 Å². The summed E-state index contributed by atoms with van der Waals surface area (Å²) in [5.41, 5.74) is -0.599. The standard InChI is InChI=1S/C12H7F3O3/c13-12(14,15)10-9(11(16)17)8(6-18-10)7-4-2-1-3-5-7/h1-6H,(H,16,17). The Labute approximate surface area is 99.5 Å². The lowest BCUT2D eigenvalue weighted by atomic mass is 10.0. The van der Waals surface area contributed by atoms with Crippen LogP contribution in [0.3, 0.4) is 0 Å². The Balaban J connectivity index is 2.64. The molecule has 3 nitrogen and oxygen atoms in total. The van der Waals surface area contributed by atoms with Crippen LogP contribution in [0.1, 0.15) is 16.1 Å². The van der Waals surface area contributed by atoms with Gasteiger partial charge in [-0.05, 0) is 5.56 Å². The third-order valence-electron chi connectivity index (χ3n) is 2.35.